The van der Waals surface area contributed by atoms with E-state index in [0.29, 0.717) is 29.2 Å². The highest BCUT2D eigenvalue weighted by Gasteiger charge is 2.47. The molecule has 7 nitrogen and oxygen atoms in total. The molecule has 1 aromatic carbocycles. The van der Waals surface area contributed by atoms with E-state index in [9.17, 15) is 9.59 Å². The number of fused-ring (bicyclic) bond motifs is 1. The molecule has 0 radical (unpaired) electrons. The minimum absolute atomic E-state index is 0. The molecule has 9 heteroatoms. The minimum Gasteiger partial charge on any atom is -0.459 e. The van der Waals surface area contributed by atoms with Crippen LogP contribution in [0.5, 0.6) is 5.88 Å². The summed E-state index contributed by atoms with van der Waals surface area (Å²) in [5.74, 6) is -1.51. The third-order valence-corrected chi connectivity index (χ3v) is 4.93. The lowest BCUT2D eigenvalue weighted by Gasteiger charge is -2.41. The maximum absolute atomic E-state index is 13.4. The van der Waals surface area contributed by atoms with Gasteiger partial charge in [-0.3, -0.25) is 14.5 Å². The van der Waals surface area contributed by atoms with Crippen molar-refractivity contribution in [3.05, 3.63) is 41.4 Å². The van der Waals surface area contributed by atoms with E-state index < -0.39 is 24.4 Å². The first-order chi connectivity index (χ1) is 14.9. The van der Waals surface area contributed by atoms with Crippen LogP contribution in [-0.2, 0) is 9.59 Å². The summed E-state index contributed by atoms with van der Waals surface area (Å²) in [5, 5.41) is 2.76. The van der Waals surface area contributed by atoms with E-state index in [1.165, 1.54) is 17.0 Å². The first-order valence-corrected chi connectivity index (χ1v) is 9.14. The molecular formula is C20H24Cl2N4O3. The topological polar surface area (TPSA) is 97.5 Å². The van der Waals surface area contributed by atoms with Gasteiger partial charge in [-0.1, -0.05) is 25.4 Å². The summed E-state index contributed by atoms with van der Waals surface area (Å²) < 4.78 is 35.6. The van der Waals surface area contributed by atoms with Crippen molar-refractivity contribution in [1.29, 1.82) is 0 Å². The highest BCUT2D eigenvalue weighted by molar-refractivity contribution is 6.30. The van der Waals surface area contributed by atoms with Crippen LogP contribution < -0.4 is 20.7 Å². The SMILES string of the molecule is Cl.[2H]C([2H])([2H])[C@]([2H])(N)C(=O)Nc1ccc2c(n1)OC(CC)(CC)C(=O)N2c1ccc(Cl)cc1. The number of rotatable bonds is 5. The number of pyridine rings is 1. The Morgan fingerprint density at radius 1 is 1.34 bits per heavy atom. The summed E-state index contributed by atoms with van der Waals surface area (Å²) in [6.45, 7) is 0.591. The Balaban J connectivity index is 0.00000385. The second-order valence-electron chi connectivity index (χ2n) is 6.31. The molecule has 2 amide bonds. The van der Waals surface area contributed by atoms with Crippen molar-refractivity contribution in [2.75, 3.05) is 10.2 Å². The minimum atomic E-state index is -3.04. The second kappa shape index (κ2) is 8.98. The van der Waals surface area contributed by atoms with Crippen LogP contribution in [-0.4, -0.2) is 28.4 Å². The third-order valence-electron chi connectivity index (χ3n) is 4.68. The van der Waals surface area contributed by atoms with Crippen LogP contribution in [0.15, 0.2) is 36.4 Å². The number of carbonyl (C=O) groups excluding carboxylic acids is 2. The van der Waals surface area contributed by atoms with E-state index in [4.69, 9.17) is 27.6 Å². The number of nitrogens with two attached hydrogens (primary N) is 1. The van der Waals surface area contributed by atoms with E-state index in [-0.39, 0.29) is 30.0 Å². The van der Waals surface area contributed by atoms with Crippen molar-refractivity contribution in [3.63, 3.8) is 0 Å². The van der Waals surface area contributed by atoms with E-state index in [1.807, 2.05) is 13.8 Å². The van der Waals surface area contributed by atoms with E-state index >= 15 is 0 Å². The largest absolute Gasteiger partial charge is 0.459 e. The number of amides is 2. The lowest BCUT2D eigenvalue weighted by molar-refractivity contribution is -0.135. The average Bonchev–Trinajstić information content (AvgIpc) is 2.73. The van der Waals surface area contributed by atoms with Crippen LogP contribution in [0.1, 0.15) is 39.0 Å². The predicted octanol–water partition coefficient (Wildman–Crippen LogP) is 4.06. The molecule has 0 aliphatic carbocycles. The summed E-state index contributed by atoms with van der Waals surface area (Å²) in [7, 11) is 0. The highest BCUT2D eigenvalue weighted by atomic mass is 35.5. The van der Waals surface area contributed by atoms with Gasteiger partial charge in [0.2, 0.25) is 11.8 Å². The number of nitrogens with zero attached hydrogens (tertiary/aromatic N) is 2. The molecule has 0 unspecified atom stereocenters. The summed E-state index contributed by atoms with van der Waals surface area (Å²) in [4.78, 5) is 31.5. The normalized spacial score (nSPS) is 19.2. The fourth-order valence-corrected chi connectivity index (χ4v) is 3.14. The number of carbonyl (C=O) groups is 2. The van der Waals surface area contributed by atoms with Gasteiger partial charge in [-0.15, -0.1) is 12.4 Å². The zero-order chi connectivity index (χ0) is 23.9. The summed E-state index contributed by atoms with van der Waals surface area (Å²) in [6, 6.07) is 6.72. The van der Waals surface area contributed by atoms with Gasteiger partial charge < -0.3 is 15.8 Å². The van der Waals surface area contributed by atoms with Crippen LogP contribution in [0.25, 0.3) is 0 Å². The summed E-state index contributed by atoms with van der Waals surface area (Å²) in [5.41, 5.74) is 5.12. The Kier molecular flexibility index (Phi) is 5.42. The van der Waals surface area contributed by atoms with Crippen molar-refractivity contribution in [3.8, 4) is 5.88 Å². The zero-order valence-corrected chi connectivity index (χ0v) is 17.4. The zero-order valence-electron chi connectivity index (χ0n) is 19.9. The number of nitrogens with one attached hydrogen (secondary N) is 1. The van der Waals surface area contributed by atoms with Gasteiger partial charge in [0.05, 0.1) is 7.39 Å². The Bertz CT molecular complexity index is 1040. The first-order valence-electron chi connectivity index (χ1n) is 10.8. The van der Waals surface area contributed by atoms with Crippen LogP contribution in [0, 0.1) is 0 Å². The molecule has 1 atom stereocenters. The number of benzene rings is 1. The molecule has 3 N–H and O–H groups in total. The van der Waals surface area contributed by atoms with Crippen molar-refractivity contribution in [2.45, 2.75) is 45.2 Å². The molecule has 156 valence electrons. The molecule has 0 bridgehead atoms. The van der Waals surface area contributed by atoms with Gasteiger partial charge in [-0.2, -0.15) is 4.98 Å². The third kappa shape index (κ3) is 4.32. The smallest absolute Gasteiger partial charge is 0.275 e. The average molecular weight is 443 g/mol. The maximum Gasteiger partial charge on any atom is 0.275 e. The van der Waals surface area contributed by atoms with E-state index in [1.54, 1.807) is 24.3 Å². The maximum atomic E-state index is 13.4. The molecule has 1 aromatic heterocycles. The van der Waals surface area contributed by atoms with Gasteiger partial charge in [-0.05, 0) is 56.1 Å². The molecule has 1 aliphatic rings. The Labute approximate surface area is 186 Å². The molecule has 0 spiro atoms. The lowest BCUT2D eigenvalue weighted by Crippen LogP contribution is -2.54. The molecular weight excluding hydrogens is 415 g/mol. The fourth-order valence-electron chi connectivity index (χ4n) is 3.02. The molecule has 0 saturated carbocycles. The quantitative estimate of drug-likeness (QED) is 0.727. The Morgan fingerprint density at radius 3 is 2.59 bits per heavy atom. The van der Waals surface area contributed by atoms with Gasteiger partial charge in [0.25, 0.3) is 5.91 Å². The Morgan fingerprint density at radius 2 is 2.00 bits per heavy atom. The van der Waals surface area contributed by atoms with Gasteiger partial charge in [-0.25, -0.2) is 0 Å². The number of halogens is 2. The van der Waals surface area contributed by atoms with Gasteiger partial charge >= 0.3 is 0 Å². The highest BCUT2D eigenvalue weighted by Crippen LogP contribution is 2.43. The van der Waals surface area contributed by atoms with E-state index in [2.05, 4.69) is 10.3 Å². The van der Waals surface area contributed by atoms with Crippen molar-refractivity contribution >= 4 is 53.0 Å². The lowest BCUT2D eigenvalue weighted by atomic mass is 9.93. The van der Waals surface area contributed by atoms with Crippen molar-refractivity contribution in [2.24, 2.45) is 5.73 Å². The molecule has 0 saturated heterocycles. The van der Waals surface area contributed by atoms with Crippen molar-refractivity contribution in [1.82, 2.24) is 4.98 Å². The number of anilines is 3. The number of hydrogen-bond acceptors (Lipinski definition) is 5. The van der Waals surface area contributed by atoms with Gasteiger partial charge in [0.15, 0.2) is 5.60 Å². The predicted molar refractivity (Wildman–Crippen MR) is 116 cm³/mol. The first kappa shape index (κ1) is 17.5. The van der Waals surface area contributed by atoms with Gasteiger partial charge in [0.1, 0.15) is 11.5 Å². The number of ether oxygens (including phenoxy) is 1. The van der Waals surface area contributed by atoms with Crippen LogP contribution in [0.2, 0.25) is 5.02 Å². The number of hydrogen-bond donors (Lipinski definition) is 2. The van der Waals surface area contributed by atoms with Crippen LogP contribution in [0.4, 0.5) is 17.2 Å². The molecule has 2 heterocycles. The summed E-state index contributed by atoms with van der Waals surface area (Å²) >= 11 is 5.99. The molecule has 29 heavy (non-hydrogen) atoms. The Hall–Kier alpha value is -2.35. The van der Waals surface area contributed by atoms with E-state index in [0.717, 1.165) is 0 Å². The second-order valence-corrected chi connectivity index (χ2v) is 6.75. The van der Waals surface area contributed by atoms with Crippen molar-refractivity contribution < 1.29 is 19.8 Å². The fraction of sp³-hybridized carbons (Fsp3) is 0.350. The molecule has 2 aromatic rings. The van der Waals surface area contributed by atoms with Gasteiger partial charge in [0, 0.05) is 14.8 Å². The molecule has 1 aliphatic heterocycles. The molecule has 0 fully saturated rings. The standard InChI is InChI=1S/C20H23ClN4O3.ClH/c1-4-20(5-2)19(27)25(14-8-6-13(21)7-9-14)15-10-11-16(24-18(15)28-20)23-17(26)12(3)22;/h6-12H,4-5,22H2,1-3H3,(H,23,24,26);1H/t12-;/m0./s1/i3D3,12D;. The van der Waals surface area contributed by atoms with Crippen LogP contribution >= 0.6 is 24.0 Å². The number of aromatic nitrogens is 1. The monoisotopic (exact) mass is 442 g/mol. The summed E-state index contributed by atoms with van der Waals surface area (Å²) in [6.07, 6.45) is 0.726. The van der Waals surface area contributed by atoms with Crippen LogP contribution in [0.3, 0.4) is 0 Å². The molecule has 3 rings (SSSR count).